The first-order chi connectivity index (χ1) is 11.7. The van der Waals surface area contributed by atoms with Gasteiger partial charge in [0.1, 0.15) is 9.88 Å². The van der Waals surface area contributed by atoms with Gasteiger partial charge in [-0.25, -0.2) is 9.78 Å². The number of carboxylic acids is 1. The number of thiophene rings is 1. The van der Waals surface area contributed by atoms with Gasteiger partial charge >= 0.3 is 12.1 Å². The molecule has 1 aromatic carbocycles. The third-order valence-electron chi connectivity index (χ3n) is 3.48. The number of rotatable bonds is 4. The maximum absolute atomic E-state index is 12.7. The predicted octanol–water partition coefficient (Wildman–Crippen LogP) is 5.49. The molecule has 0 spiro atoms. The van der Waals surface area contributed by atoms with Crippen molar-refractivity contribution in [2.45, 2.75) is 19.5 Å². The van der Waals surface area contributed by atoms with Crippen molar-refractivity contribution in [3.05, 3.63) is 62.3 Å². The van der Waals surface area contributed by atoms with Gasteiger partial charge in [0.05, 0.1) is 11.3 Å². The standard InChI is InChI=1S/C17H12F3NO2S2/c1-9-6-12(24-8-9)7-13-14(16(22)23)25-15(21-13)10-2-4-11(5-3-10)17(18,19)20/h2-6,8H,7H2,1H3,(H,22,23). The van der Waals surface area contributed by atoms with Gasteiger partial charge in [0.2, 0.25) is 0 Å². The van der Waals surface area contributed by atoms with E-state index in [1.807, 2.05) is 18.4 Å². The number of hydrogen-bond acceptors (Lipinski definition) is 4. The summed E-state index contributed by atoms with van der Waals surface area (Å²) in [5, 5.41) is 11.8. The Bertz CT molecular complexity index is 911. The Kier molecular flexibility index (Phi) is 4.66. The van der Waals surface area contributed by atoms with E-state index in [1.54, 1.807) is 0 Å². The topological polar surface area (TPSA) is 50.2 Å². The van der Waals surface area contributed by atoms with Crippen LogP contribution in [0.3, 0.4) is 0 Å². The highest BCUT2D eigenvalue weighted by molar-refractivity contribution is 7.17. The molecule has 0 saturated heterocycles. The lowest BCUT2D eigenvalue weighted by molar-refractivity contribution is -0.137. The van der Waals surface area contributed by atoms with Crippen LogP contribution < -0.4 is 0 Å². The van der Waals surface area contributed by atoms with E-state index >= 15 is 0 Å². The van der Waals surface area contributed by atoms with E-state index in [9.17, 15) is 23.1 Å². The third kappa shape index (κ3) is 3.91. The molecule has 2 heterocycles. The summed E-state index contributed by atoms with van der Waals surface area (Å²) in [5.41, 5.74) is 1.24. The molecule has 0 fully saturated rings. The van der Waals surface area contributed by atoms with Crippen LogP contribution in [0.5, 0.6) is 0 Å². The molecular formula is C17H12F3NO2S2. The van der Waals surface area contributed by atoms with Crippen LogP contribution in [0.4, 0.5) is 13.2 Å². The fourth-order valence-corrected chi connectivity index (χ4v) is 4.12. The summed E-state index contributed by atoms with van der Waals surface area (Å²) >= 11 is 2.49. The summed E-state index contributed by atoms with van der Waals surface area (Å²) in [6.07, 6.45) is -4.02. The second-order valence-corrected chi connectivity index (χ2v) is 7.44. The van der Waals surface area contributed by atoms with E-state index in [1.165, 1.54) is 23.5 Å². The third-order valence-corrected chi connectivity index (χ3v) is 5.67. The minimum Gasteiger partial charge on any atom is -0.477 e. The molecule has 8 heteroatoms. The van der Waals surface area contributed by atoms with Crippen molar-refractivity contribution in [2.24, 2.45) is 0 Å². The molecule has 0 aliphatic carbocycles. The van der Waals surface area contributed by atoms with Gasteiger partial charge in [-0.3, -0.25) is 0 Å². The summed E-state index contributed by atoms with van der Waals surface area (Å²) in [4.78, 5) is 16.9. The molecule has 0 radical (unpaired) electrons. The Morgan fingerprint density at radius 3 is 2.44 bits per heavy atom. The number of halogens is 3. The summed E-state index contributed by atoms with van der Waals surface area (Å²) in [7, 11) is 0. The fourth-order valence-electron chi connectivity index (χ4n) is 2.31. The maximum Gasteiger partial charge on any atom is 0.416 e. The quantitative estimate of drug-likeness (QED) is 0.648. The van der Waals surface area contributed by atoms with Crippen LogP contribution in [0.2, 0.25) is 0 Å². The largest absolute Gasteiger partial charge is 0.477 e. The number of alkyl halides is 3. The maximum atomic E-state index is 12.7. The van der Waals surface area contributed by atoms with Crippen molar-refractivity contribution in [1.82, 2.24) is 4.98 Å². The number of thiazole rings is 1. The number of benzene rings is 1. The van der Waals surface area contributed by atoms with Gasteiger partial charge in [-0.2, -0.15) is 13.2 Å². The highest BCUT2D eigenvalue weighted by Crippen LogP contribution is 2.34. The number of aryl methyl sites for hydroxylation is 1. The van der Waals surface area contributed by atoms with Gasteiger partial charge in [-0.05, 0) is 36.1 Å². The minimum absolute atomic E-state index is 0.112. The van der Waals surface area contributed by atoms with Crippen LogP contribution in [-0.4, -0.2) is 16.1 Å². The number of carboxylic acid groups (broad SMARTS) is 1. The molecule has 0 saturated carbocycles. The molecule has 130 valence electrons. The normalized spacial score (nSPS) is 11.7. The number of carbonyl (C=O) groups is 1. The highest BCUT2D eigenvalue weighted by Gasteiger charge is 2.30. The lowest BCUT2D eigenvalue weighted by atomic mass is 10.1. The minimum atomic E-state index is -4.41. The molecule has 0 amide bonds. The average molecular weight is 383 g/mol. The van der Waals surface area contributed by atoms with Crippen LogP contribution >= 0.6 is 22.7 Å². The van der Waals surface area contributed by atoms with Crippen LogP contribution in [0.25, 0.3) is 10.6 Å². The second kappa shape index (κ2) is 6.61. The van der Waals surface area contributed by atoms with Crippen LogP contribution in [0.1, 0.15) is 31.4 Å². The first-order valence-electron chi connectivity index (χ1n) is 7.18. The average Bonchev–Trinajstić information content (AvgIpc) is 3.13. The Morgan fingerprint density at radius 1 is 1.24 bits per heavy atom. The molecular weight excluding hydrogens is 371 g/mol. The Labute approximate surface area is 149 Å². The van der Waals surface area contributed by atoms with Gasteiger partial charge in [0, 0.05) is 16.9 Å². The molecule has 1 N–H and O–H groups in total. The van der Waals surface area contributed by atoms with Crippen LogP contribution in [-0.2, 0) is 12.6 Å². The fraction of sp³-hybridized carbons (Fsp3) is 0.176. The SMILES string of the molecule is Cc1csc(Cc2nc(-c3ccc(C(F)(F)F)cc3)sc2C(=O)O)c1. The van der Waals surface area contributed by atoms with Crippen LogP contribution in [0.15, 0.2) is 35.7 Å². The number of aromatic carboxylic acids is 1. The van der Waals surface area contributed by atoms with E-state index in [4.69, 9.17) is 0 Å². The second-order valence-electron chi connectivity index (χ2n) is 5.44. The Hall–Kier alpha value is -2.19. The van der Waals surface area contributed by atoms with Crippen molar-refractivity contribution in [1.29, 1.82) is 0 Å². The van der Waals surface area contributed by atoms with E-state index in [-0.39, 0.29) is 4.88 Å². The van der Waals surface area contributed by atoms with Crippen molar-refractivity contribution in [2.75, 3.05) is 0 Å². The van der Waals surface area contributed by atoms with Crippen LogP contribution in [0, 0.1) is 6.92 Å². The van der Waals surface area contributed by atoms with Gasteiger partial charge < -0.3 is 5.11 Å². The number of hydrogen-bond donors (Lipinski definition) is 1. The van der Waals surface area contributed by atoms with Crippen molar-refractivity contribution >= 4 is 28.6 Å². The summed E-state index contributed by atoms with van der Waals surface area (Å²) in [6.45, 7) is 1.95. The molecule has 0 bridgehead atoms. The first-order valence-corrected chi connectivity index (χ1v) is 8.88. The van der Waals surface area contributed by atoms with Gasteiger partial charge in [-0.1, -0.05) is 12.1 Å². The molecule has 0 aliphatic rings. The van der Waals surface area contributed by atoms with Gasteiger partial charge in [-0.15, -0.1) is 22.7 Å². The number of nitrogens with zero attached hydrogens (tertiary/aromatic N) is 1. The van der Waals surface area contributed by atoms with Crippen molar-refractivity contribution in [3.63, 3.8) is 0 Å². The summed E-state index contributed by atoms with van der Waals surface area (Å²) < 4.78 is 38.0. The van der Waals surface area contributed by atoms with E-state index in [0.29, 0.717) is 22.7 Å². The van der Waals surface area contributed by atoms with Gasteiger partial charge in [0.15, 0.2) is 0 Å². The number of aromatic nitrogens is 1. The summed E-state index contributed by atoms with van der Waals surface area (Å²) in [5.74, 6) is -1.08. The zero-order chi connectivity index (χ0) is 18.2. The monoisotopic (exact) mass is 383 g/mol. The molecule has 3 aromatic rings. The molecule has 2 aromatic heterocycles. The molecule has 3 nitrogen and oxygen atoms in total. The predicted molar refractivity (Wildman–Crippen MR) is 91.4 cm³/mol. The molecule has 0 aliphatic heterocycles. The lowest BCUT2D eigenvalue weighted by Crippen LogP contribution is -2.03. The van der Waals surface area contributed by atoms with Crippen molar-refractivity contribution in [3.8, 4) is 10.6 Å². The van der Waals surface area contributed by atoms with E-state index < -0.39 is 17.7 Å². The Balaban J connectivity index is 1.94. The smallest absolute Gasteiger partial charge is 0.416 e. The molecule has 0 atom stereocenters. The first kappa shape index (κ1) is 17.6. The molecule has 25 heavy (non-hydrogen) atoms. The summed E-state index contributed by atoms with van der Waals surface area (Å²) in [6, 6.07) is 6.53. The highest BCUT2D eigenvalue weighted by atomic mass is 32.1. The van der Waals surface area contributed by atoms with E-state index in [0.717, 1.165) is 33.9 Å². The molecule has 0 unspecified atom stereocenters. The zero-order valence-electron chi connectivity index (χ0n) is 12.9. The lowest BCUT2D eigenvalue weighted by Gasteiger charge is -2.06. The Morgan fingerprint density at radius 2 is 1.92 bits per heavy atom. The molecule has 3 rings (SSSR count). The zero-order valence-corrected chi connectivity index (χ0v) is 14.6. The van der Waals surface area contributed by atoms with Crippen molar-refractivity contribution < 1.29 is 23.1 Å². The van der Waals surface area contributed by atoms with Gasteiger partial charge in [0.25, 0.3) is 0 Å². The van der Waals surface area contributed by atoms with E-state index in [2.05, 4.69) is 4.98 Å².